The molecule has 3 heteroatoms. The third-order valence-electron chi connectivity index (χ3n) is 1.49. The molecule has 0 unspecified atom stereocenters. The smallest absolute Gasteiger partial charge is 0.315 e. The minimum Gasteiger partial charge on any atom is -0.426 e. The first-order valence-corrected chi connectivity index (χ1v) is 4.56. The molecule has 0 spiro atoms. The zero-order valence-electron chi connectivity index (χ0n) is 7.92. The number of hydrogen-bond donors (Lipinski definition) is 0. The van der Waals surface area contributed by atoms with Gasteiger partial charge in [0.2, 0.25) is 0 Å². The summed E-state index contributed by atoms with van der Waals surface area (Å²) in [7, 11) is 0. The van der Waals surface area contributed by atoms with Gasteiger partial charge in [0.05, 0.1) is 6.42 Å². The summed E-state index contributed by atoms with van der Waals surface area (Å²) in [5.41, 5.74) is 0.781. The number of hydrogen-bond acceptors (Lipinski definition) is 2. The van der Waals surface area contributed by atoms with E-state index >= 15 is 0 Å². The van der Waals surface area contributed by atoms with Gasteiger partial charge in [-0.05, 0) is 31.2 Å². The average Bonchev–Trinajstić information content (AvgIpc) is 2.07. The fourth-order valence-electron chi connectivity index (χ4n) is 0.917. The lowest BCUT2D eigenvalue weighted by molar-refractivity contribution is -0.133. The highest BCUT2D eigenvalue weighted by molar-refractivity contribution is 6.30. The van der Waals surface area contributed by atoms with Crippen LogP contribution in [0.15, 0.2) is 36.4 Å². The van der Waals surface area contributed by atoms with Gasteiger partial charge in [-0.15, -0.1) is 0 Å². The monoisotopic (exact) mass is 210 g/mol. The third kappa shape index (κ3) is 3.62. The number of benzene rings is 1. The SMILES string of the molecule is C=C(C)CC(=O)Oc1ccc(Cl)cc1. The molecule has 0 fully saturated rings. The number of halogens is 1. The highest BCUT2D eigenvalue weighted by Gasteiger charge is 2.04. The predicted octanol–water partition coefficient (Wildman–Crippen LogP) is 3.21. The van der Waals surface area contributed by atoms with E-state index < -0.39 is 0 Å². The molecule has 0 aliphatic heterocycles. The first kappa shape index (κ1) is 10.8. The highest BCUT2D eigenvalue weighted by atomic mass is 35.5. The van der Waals surface area contributed by atoms with Crippen LogP contribution >= 0.6 is 11.6 Å². The quantitative estimate of drug-likeness (QED) is 0.435. The van der Waals surface area contributed by atoms with E-state index in [-0.39, 0.29) is 12.4 Å². The minimum atomic E-state index is -0.306. The Hall–Kier alpha value is -1.28. The Morgan fingerprint density at radius 3 is 2.50 bits per heavy atom. The maximum absolute atomic E-state index is 11.2. The normalized spacial score (nSPS) is 9.57. The van der Waals surface area contributed by atoms with Crippen LogP contribution in [0.25, 0.3) is 0 Å². The molecule has 0 N–H and O–H groups in total. The fraction of sp³-hybridized carbons (Fsp3) is 0.182. The molecule has 1 aromatic rings. The number of carbonyl (C=O) groups excluding carboxylic acids is 1. The van der Waals surface area contributed by atoms with Gasteiger partial charge in [-0.2, -0.15) is 0 Å². The van der Waals surface area contributed by atoms with Gasteiger partial charge in [0.25, 0.3) is 0 Å². The summed E-state index contributed by atoms with van der Waals surface area (Å²) in [6.45, 7) is 5.41. The van der Waals surface area contributed by atoms with E-state index in [9.17, 15) is 4.79 Å². The van der Waals surface area contributed by atoms with Crippen molar-refractivity contribution in [1.29, 1.82) is 0 Å². The number of rotatable bonds is 3. The van der Waals surface area contributed by atoms with Gasteiger partial charge in [-0.3, -0.25) is 4.79 Å². The second-order valence-electron chi connectivity index (χ2n) is 3.06. The number of esters is 1. The van der Waals surface area contributed by atoms with Crippen molar-refractivity contribution in [3.63, 3.8) is 0 Å². The Balaban J connectivity index is 2.56. The first-order valence-electron chi connectivity index (χ1n) is 4.18. The van der Waals surface area contributed by atoms with Crippen molar-refractivity contribution in [2.75, 3.05) is 0 Å². The zero-order valence-corrected chi connectivity index (χ0v) is 8.67. The van der Waals surface area contributed by atoms with E-state index in [1.54, 1.807) is 31.2 Å². The van der Waals surface area contributed by atoms with Gasteiger partial charge in [0.1, 0.15) is 5.75 Å². The molecule has 0 amide bonds. The van der Waals surface area contributed by atoms with Gasteiger partial charge >= 0.3 is 5.97 Å². The lowest BCUT2D eigenvalue weighted by Crippen LogP contribution is -2.07. The molecule has 1 aromatic carbocycles. The predicted molar refractivity (Wildman–Crippen MR) is 56.5 cm³/mol. The van der Waals surface area contributed by atoms with Gasteiger partial charge in [-0.1, -0.05) is 23.8 Å². The van der Waals surface area contributed by atoms with E-state index in [1.807, 2.05) is 0 Å². The molecule has 1 rings (SSSR count). The Morgan fingerprint density at radius 2 is 2.00 bits per heavy atom. The second kappa shape index (κ2) is 4.82. The van der Waals surface area contributed by atoms with E-state index in [0.29, 0.717) is 10.8 Å². The summed E-state index contributed by atoms with van der Waals surface area (Å²) >= 11 is 5.68. The number of ether oxygens (including phenoxy) is 1. The maximum Gasteiger partial charge on any atom is 0.315 e. The van der Waals surface area contributed by atoms with E-state index in [1.165, 1.54) is 0 Å². The molecule has 0 aliphatic rings. The maximum atomic E-state index is 11.2. The van der Waals surface area contributed by atoms with Crippen molar-refractivity contribution in [1.82, 2.24) is 0 Å². The van der Waals surface area contributed by atoms with E-state index in [0.717, 1.165) is 5.57 Å². The summed E-state index contributed by atoms with van der Waals surface area (Å²) < 4.78 is 5.02. The lowest BCUT2D eigenvalue weighted by Gasteiger charge is -2.03. The Labute approximate surface area is 88.1 Å². The summed E-state index contributed by atoms with van der Waals surface area (Å²) in [6, 6.07) is 6.65. The van der Waals surface area contributed by atoms with Crippen LogP contribution in [0.1, 0.15) is 13.3 Å². The molecular formula is C11H11ClO2. The van der Waals surface area contributed by atoms with Crippen molar-refractivity contribution >= 4 is 17.6 Å². The molecule has 14 heavy (non-hydrogen) atoms. The molecule has 0 bridgehead atoms. The largest absolute Gasteiger partial charge is 0.426 e. The van der Waals surface area contributed by atoms with Gasteiger partial charge in [-0.25, -0.2) is 0 Å². The van der Waals surface area contributed by atoms with Gasteiger partial charge < -0.3 is 4.74 Å². The molecule has 0 heterocycles. The average molecular weight is 211 g/mol. The summed E-state index contributed by atoms with van der Waals surface area (Å²) in [5.74, 6) is 0.195. The van der Waals surface area contributed by atoms with Crippen LogP contribution in [0.4, 0.5) is 0 Å². The van der Waals surface area contributed by atoms with Crippen molar-refractivity contribution in [2.45, 2.75) is 13.3 Å². The van der Waals surface area contributed by atoms with Crippen LogP contribution in [-0.2, 0) is 4.79 Å². The van der Waals surface area contributed by atoms with Crippen molar-refractivity contribution in [3.05, 3.63) is 41.4 Å². The van der Waals surface area contributed by atoms with Crippen LogP contribution in [0.5, 0.6) is 5.75 Å². The molecule has 0 aliphatic carbocycles. The van der Waals surface area contributed by atoms with E-state index in [4.69, 9.17) is 16.3 Å². The Morgan fingerprint density at radius 1 is 1.43 bits per heavy atom. The molecule has 74 valence electrons. The summed E-state index contributed by atoms with van der Waals surface area (Å²) in [4.78, 5) is 11.2. The molecular weight excluding hydrogens is 200 g/mol. The molecule has 0 radical (unpaired) electrons. The van der Waals surface area contributed by atoms with Crippen molar-refractivity contribution in [3.8, 4) is 5.75 Å². The van der Waals surface area contributed by atoms with Crippen LogP contribution in [0.3, 0.4) is 0 Å². The lowest BCUT2D eigenvalue weighted by atomic mass is 10.2. The topological polar surface area (TPSA) is 26.3 Å². The number of carbonyl (C=O) groups is 1. The van der Waals surface area contributed by atoms with Gasteiger partial charge in [0.15, 0.2) is 0 Å². The van der Waals surface area contributed by atoms with Gasteiger partial charge in [0, 0.05) is 5.02 Å². The van der Waals surface area contributed by atoms with E-state index in [2.05, 4.69) is 6.58 Å². The zero-order chi connectivity index (χ0) is 10.6. The first-order chi connectivity index (χ1) is 6.58. The van der Waals surface area contributed by atoms with Crippen LogP contribution in [0, 0.1) is 0 Å². The summed E-state index contributed by atoms with van der Waals surface area (Å²) in [6.07, 6.45) is 0.239. The minimum absolute atomic E-state index is 0.239. The molecule has 0 aromatic heterocycles. The third-order valence-corrected chi connectivity index (χ3v) is 1.74. The fourth-order valence-corrected chi connectivity index (χ4v) is 1.04. The van der Waals surface area contributed by atoms with Crippen molar-refractivity contribution < 1.29 is 9.53 Å². The second-order valence-corrected chi connectivity index (χ2v) is 3.50. The standard InChI is InChI=1S/C11H11ClO2/c1-8(2)7-11(13)14-10-5-3-9(12)4-6-10/h3-6H,1,7H2,2H3. The summed E-state index contributed by atoms with van der Waals surface area (Å²) in [5, 5.41) is 0.615. The molecule has 2 nitrogen and oxygen atoms in total. The molecule has 0 saturated heterocycles. The Kier molecular flexibility index (Phi) is 3.72. The Bertz CT molecular complexity index is 341. The van der Waals surface area contributed by atoms with Crippen LogP contribution in [0.2, 0.25) is 5.02 Å². The van der Waals surface area contributed by atoms with Crippen molar-refractivity contribution in [2.24, 2.45) is 0 Å². The van der Waals surface area contributed by atoms with Crippen LogP contribution in [-0.4, -0.2) is 5.97 Å². The van der Waals surface area contributed by atoms with Crippen LogP contribution < -0.4 is 4.74 Å². The molecule has 0 saturated carbocycles. The highest BCUT2D eigenvalue weighted by Crippen LogP contribution is 2.16. The molecule has 0 atom stereocenters.